The topological polar surface area (TPSA) is 102 Å². The van der Waals surface area contributed by atoms with Crippen LogP contribution < -0.4 is 5.32 Å². The van der Waals surface area contributed by atoms with Crippen molar-refractivity contribution >= 4 is 18.0 Å². The number of ether oxygens (including phenoxy) is 2. The molecule has 1 atom stereocenters. The quantitative estimate of drug-likeness (QED) is 0.642. The van der Waals surface area contributed by atoms with E-state index in [4.69, 9.17) is 4.74 Å². The Morgan fingerprint density at radius 2 is 1.77 bits per heavy atom. The summed E-state index contributed by atoms with van der Waals surface area (Å²) < 4.78 is 9.37. The molecule has 0 aliphatic heterocycles. The van der Waals surface area contributed by atoms with Gasteiger partial charge in [0, 0.05) is 0 Å². The van der Waals surface area contributed by atoms with Crippen molar-refractivity contribution in [2.75, 3.05) is 6.54 Å². The number of esters is 2. The lowest BCUT2D eigenvalue weighted by molar-refractivity contribution is -0.165. The molecule has 1 amide bonds. The van der Waals surface area contributed by atoms with Gasteiger partial charge in [-0.05, 0) is 26.3 Å². The highest BCUT2D eigenvalue weighted by molar-refractivity contribution is 5.90. The number of hydrogen-bond donors (Lipinski definition) is 2. The molecular weight excluding hydrogens is 290 g/mol. The van der Waals surface area contributed by atoms with Gasteiger partial charge in [0.1, 0.15) is 12.1 Å². The van der Waals surface area contributed by atoms with Gasteiger partial charge < -0.3 is 19.9 Å². The first-order valence-electron chi connectivity index (χ1n) is 6.63. The zero-order chi connectivity index (χ0) is 16.8. The first-order chi connectivity index (χ1) is 10.2. The molecule has 0 fully saturated rings. The van der Waals surface area contributed by atoms with Gasteiger partial charge in [-0.3, -0.25) is 0 Å². The van der Waals surface area contributed by atoms with Crippen LogP contribution in [0.5, 0.6) is 0 Å². The third-order valence-corrected chi connectivity index (χ3v) is 2.33. The molecule has 0 radical (unpaired) electrons. The van der Waals surface area contributed by atoms with Gasteiger partial charge in [-0.1, -0.05) is 30.3 Å². The summed E-state index contributed by atoms with van der Waals surface area (Å²) in [6, 6.07) is 8.04. The van der Waals surface area contributed by atoms with Crippen LogP contribution in [0.15, 0.2) is 30.3 Å². The molecule has 7 nitrogen and oxygen atoms in total. The zero-order valence-corrected chi connectivity index (χ0v) is 12.7. The molecule has 0 aliphatic rings. The Balaban J connectivity index is 2.42. The van der Waals surface area contributed by atoms with Gasteiger partial charge in [-0.2, -0.15) is 0 Å². The summed E-state index contributed by atoms with van der Waals surface area (Å²) >= 11 is 0. The fraction of sp³-hybridized carbons (Fsp3) is 0.400. The summed E-state index contributed by atoms with van der Waals surface area (Å²) in [5.41, 5.74) is -0.395. The minimum absolute atomic E-state index is 0.306. The van der Waals surface area contributed by atoms with Gasteiger partial charge in [-0.25, -0.2) is 14.4 Å². The molecule has 1 aromatic rings. The lowest BCUT2D eigenvalue weighted by atomic mass is 10.1. The van der Waals surface area contributed by atoms with Crippen molar-refractivity contribution in [2.45, 2.75) is 32.5 Å². The number of amides is 1. The van der Waals surface area contributed by atoms with Crippen LogP contribution >= 0.6 is 0 Å². The van der Waals surface area contributed by atoms with Crippen LogP contribution in [-0.2, 0) is 19.1 Å². The molecule has 0 aliphatic carbocycles. The van der Waals surface area contributed by atoms with E-state index in [1.54, 1.807) is 39.0 Å². The molecule has 0 saturated heterocycles. The summed E-state index contributed by atoms with van der Waals surface area (Å²) in [6.45, 7) is 4.47. The molecular formula is C15H19NO6. The Morgan fingerprint density at radius 3 is 2.32 bits per heavy atom. The second kappa shape index (κ2) is 7.56. The number of carbonyl (C=O) groups excluding carboxylic acids is 3. The minimum atomic E-state index is -1.56. The maximum absolute atomic E-state index is 11.6. The molecule has 1 aromatic carbocycles. The standard InChI is InChI=1S/C15H19NO6/c1-15(2,3)22-14(20)16-9-11(17)21-13(19)12(18)10-7-5-4-6-8-10/h4-8,12,18H,9H2,1-3H3,(H,16,20). The summed E-state index contributed by atoms with van der Waals surface area (Å²) in [4.78, 5) is 34.4. The predicted octanol–water partition coefficient (Wildman–Crippen LogP) is 1.31. The van der Waals surface area contributed by atoms with E-state index in [9.17, 15) is 19.5 Å². The highest BCUT2D eigenvalue weighted by Gasteiger charge is 2.23. The second-order valence-electron chi connectivity index (χ2n) is 5.46. The average Bonchev–Trinajstić information content (AvgIpc) is 2.43. The Bertz CT molecular complexity index is 535. The minimum Gasteiger partial charge on any atom is -0.444 e. The van der Waals surface area contributed by atoms with E-state index < -0.39 is 36.3 Å². The second-order valence-corrected chi connectivity index (χ2v) is 5.46. The van der Waals surface area contributed by atoms with Crippen LogP contribution in [0.3, 0.4) is 0 Å². The molecule has 0 aromatic heterocycles. The Labute approximate surface area is 128 Å². The van der Waals surface area contributed by atoms with Crippen LogP contribution in [0.1, 0.15) is 32.4 Å². The van der Waals surface area contributed by atoms with E-state index in [1.165, 1.54) is 12.1 Å². The van der Waals surface area contributed by atoms with Gasteiger partial charge in [-0.15, -0.1) is 0 Å². The normalized spacial score (nSPS) is 12.2. The van der Waals surface area contributed by atoms with E-state index in [0.717, 1.165) is 0 Å². The van der Waals surface area contributed by atoms with Gasteiger partial charge in [0.05, 0.1) is 0 Å². The maximum Gasteiger partial charge on any atom is 0.408 e. The fourth-order valence-corrected chi connectivity index (χ4v) is 1.43. The highest BCUT2D eigenvalue weighted by atomic mass is 16.6. The SMILES string of the molecule is CC(C)(C)OC(=O)NCC(=O)OC(=O)C(O)c1ccccc1. The monoisotopic (exact) mass is 309 g/mol. The summed E-state index contributed by atoms with van der Waals surface area (Å²) in [5.74, 6) is -2.10. The van der Waals surface area contributed by atoms with Crippen molar-refractivity contribution in [3.05, 3.63) is 35.9 Å². The van der Waals surface area contributed by atoms with Crippen LogP contribution in [0.4, 0.5) is 4.79 Å². The lowest BCUT2D eigenvalue weighted by Crippen LogP contribution is -2.36. The molecule has 1 rings (SSSR count). The molecule has 0 saturated carbocycles. The third kappa shape index (κ3) is 6.36. The number of alkyl carbamates (subject to hydrolysis) is 1. The number of carbonyl (C=O) groups is 3. The number of nitrogens with one attached hydrogen (secondary N) is 1. The van der Waals surface area contributed by atoms with E-state index in [-0.39, 0.29) is 0 Å². The number of aliphatic hydroxyl groups excluding tert-OH is 1. The molecule has 22 heavy (non-hydrogen) atoms. The molecule has 0 spiro atoms. The zero-order valence-electron chi connectivity index (χ0n) is 12.7. The number of rotatable bonds is 4. The molecule has 7 heteroatoms. The van der Waals surface area contributed by atoms with E-state index >= 15 is 0 Å². The molecule has 0 bridgehead atoms. The summed E-state index contributed by atoms with van der Waals surface area (Å²) in [5, 5.41) is 11.9. The van der Waals surface area contributed by atoms with Crippen molar-refractivity contribution in [2.24, 2.45) is 0 Å². The number of aliphatic hydroxyl groups is 1. The molecule has 2 N–H and O–H groups in total. The predicted molar refractivity (Wildman–Crippen MR) is 76.7 cm³/mol. The van der Waals surface area contributed by atoms with Crippen LogP contribution in [0.2, 0.25) is 0 Å². The summed E-state index contributed by atoms with van der Waals surface area (Å²) in [6.07, 6.45) is -2.37. The van der Waals surface area contributed by atoms with Crippen molar-refractivity contribution in [1.29, 1.82) is 0 Å². The third-order valence-electron chi connectivity index (χ3n) is 2.33. The first kappa shape index (κ1) is 17.6. The maximum atomic E-state index is 11.6. The first-order valence-corrected chi connectivity index (χ1v) is 6.63. The van der Waals surface area contributed by atoms with Gasteiger partial charge in [0.2, 0.25) is 0 Å². The smallest absolute Gasteiger partial charge is 0.408 e. The summed E-state index contributed by atoms with van der Waals surface area (Å²) in [7, 11) is 0. The van der Waals surface area contributed by atoms with Gasteiger partial charge in [0.25, 0.3) is 0 Å². The van der Waals surface area contributed by atoms with Crippen LogP contribution in [-0.4, -0.2) is 35.3 Å². The number of hydrogen-bond acceptors (Lipinski definition) is 6. The fourth-order valence-electron chi connectivity index (χ4n) is 1.43. The van der Waals surface area contributed by atoms with Crippen molar-refractivity contribution < 1.29 is 29.0 Å². The van der Waals surface area contributed by atoms with Crippen molar-refractivity contribution in [3.8, 4) is 0 Å². The number of benzene rings is 1. The lowest BCUT2D eigenvalue weighted by Gasteiger charge is -2.19. The van der Waals surface area contributed by atoms with Crippen molar-refractivity contribution in [3.63, 3.8) is 0 Å². The molecule has 0 heterocycles. The van der Waals surface area contributed by atoms with Crippen LogP contribution in [0, 0.1) is 0 Å². The van der Waals surface area contributed by atoms with E-state index in [2.05, 4.69) is 10.1 Å². The largest absolute Gasteiger partial charge is 0.444 e. The van der Waals surface area contributed by atoms with Gasteiger partial charge >= 0.3 is 18.0 Å². The van der Waals surface area contributed by atoms with E-state index in [0.29, 0.717) is 5.56 Å². The Kier molecular flexibility index (Phi) is 6.06. The van der Waals surface area contributed by atoms with Gasteiger partial charge in [0.15, 0.2) is 6.10 Å². The van der Waals surface area contributed by atoms with Crippen molar-refractivity contribution in [1.82, 2.24) is 5.32 Å². The average molecular weight is 309 g/mol. The van der Waals surface area contributed by atoms with Crippen LogP contribution in [0.25, 0.3) is 0 Å². The van der Waals surface area contributed by atoms with E-state index in [1.807, 2.05) is 0 Å². The molecule has 1 unspecified atom stereocenters. The Morgan fingerprint density at radius 1 is 1.18 bits per heavy atom. The Hall–Kier alpha value is -2.41. The highest BCUT2D eigenvalue weighted by Crippen LogP contribution is 2.13. The molecule has 120 valence electrons.